The number of imide groups is 1. The molecule has 2 rings (SSSR count). The first kappa shape index (κ1) is 20.1. The Kier molecular flexibility index (Phi) is 7.04. The van der Waals surface area contributed by atoms with E-state index in [9.17, 15) is 24.0 Å². The molecule has 1 aromatic rings. The van der Waals surface area contributed by atoms with Gasteiger partial charge in [-0.3, -0.25) is 28.9 Å². The molecule has 0 fully saturated rings. The van der Waals surface area contributed by atoms with Gasteiger partial charge in [0.15, 0.2) is 0 Å². The van der Waals surface area contributed by atoms with Crippen molar-refractivity contribution in [2.24, 2.45) is 0 Å². The van der Waals surface area contributed by atoms with Crippen LogP contribution >= 0.6 is 0 Å². The molecule has 0 atom stereocenters. The van der Waals surface area contributed by atoms with E-state index in [0.29, 0.717) is 25.8 Å². The molecule has 0 saturated heterocycles. The molecule has 0 bridgehead atoms. The van der Waals surface area contributed by atoms with Crippen LogP contribution in [0.1, 0.15) is 46.4 Å². The van der Waals surface area contributed by atoms with Crippen molar-refractivity contribution in [3.8, 4) is 0 Å². The Morgan fingerprint density at radius 1 is 0.889 bits per heavy atom. The first-order valence-corrected chi connectivity index (χ1v) is 8.60. The molecule has 1 aromatic carbocycles. The van der Waals surface area contributed by atoms with Crippen LogP contribution in [0.15, 0.2) is 24.3 Å². The summed E-state index contributed by atoms with van der Waals surface area (Å²) in [5.74, 6) is -2.92. The number of carboxylic acids is 1. The van der Waals surface area contributed by atoms with Gasteiger partial charge in [-0.05, 0) is 25.0 Å². The zero-order valence-corrected chi connectivity index (χ0v) is 14.7. The maximum absolute atomic E-state index is 12.2. The Balaban J connectivity index is 1.66. The van der Waals surface area contributed by atoms with Crippen LogP contribution in [0, 0.1) is 0 Å². The van der Waals surface area contributed by atoms with Crippen molar-refractivity contribution < 1.29 is 29.1 Å². The molecule has 27 heavy (non-hydrogen) atoms. The Bertz CT molecular complexity index is 726. The first-order valence-electron chi connectivity index (χ1n) is 8.60. The minimum Gasteiger partial charge on any atom is -0.481 e. The summed E-state index contributed by atoms with van der Waals surface area (Å²) in [7, 11) is 0. The van der Waals surface area contributed by atoms with E-state index in [2.05, 4.69) is 10.6 Å². The fraction of sp³-hybridized carbons (Fsp3) is 0.389. The third-order valence-electron chi connectivity index (χ3n) is 4.02. The number of carbonyl (C=O) groups is 5. The van der Waals surface area contributed by atoms with E-state index in [1.807, 2.05) is 0 Å². The van der Waals surface area contributed by atoms with Crippen molar-refractivity contribution >= 4 is 29.6 Å². The van der Waals surface area contributed by atoms with Crippen molar-refractivity contribution in [3.63, 3.8) is 0 Å². The zero-order valence-electron chi connectivity index (χ0n) is 14.7. The molecule has 3 N–H and O–H groups in total. The van der Waals surface area contributed by atoms with Crippen LogP contribution in [0.5, 0.6) is 0 Å². The smallest absolute Gasteiger partial charge is 0.303 e. The fourth-order valence-electron chi connectivity index (χ4n) is 2.63. The molecular weight excluding hydrogens is 354 g/mol. The normalized spacial score (nSPS) is 12.7. The summed E-state index contributed by atoms with van der Waals surface area (Å²) < 4.78 is 0. The minimum atomic E-state index is -0.847. The lowest BCUT2D eigenvalue weighted by Gasteiger charge is -2.13. The predicted octanol–water partition coefficient (Wildman–Crippen LogP) is 0.160. The Labute approximate surface area is 155 Å². The van der Waals surface area contributed by atoms with Gasteiger partial charge < -0.3 is 15.7 Å². The number of nitrogens with one attached hydrogen (secondary N) is 2. The number of hydrogen-bond donors (Lipinski definition) is 3. The molecule has 0 radical (unpaired) electrons. The average Bonchev–Trinajstić information content (AvgIpc) is 2.88. The molecule has 1 aliphatic rings. The fourth-order valence-corrected chi connectivity index (χ4v) is 2.63. The summed E-state index contributed by atoms with van der Waals surface area (Å²) >= 11 is 0. The maximum atomic E-state index is 12.2. The molecule has 9 nitrogen and oxygen atoms in total. The molecular formula is C18H21N3O6. The highest BCUT2D eigenvalue weighted by molar-refractivity contribution is 6.22. The number of nitrogens with zero attached hydrogens (tertiary/aromatic N) is 1. The van der Waals surface area contributed by atoms with Crippen LogP contribution in [0.3, 0.4) is 0 Å². The average molecular weight is 375 g/mol. The number of carbonyl (C=O) groups excluding carboxylic acids is 4. The van der Waals surface area contributed by atoms with Gasteiger partial charge in [0, 0.05) is 13.0 Å². The number of unbranched alkanes of at least 4 members (excludes halogenated alkanes) is 2. The van der Waals surface area contributed by atoms with Gasteiger partial charge in [-0.2, -0.15) is 0 Å². The summed E-state index contributed by atoms with van der Waals surface area (Å²) in [5, 5.41) is 13.5. The Morgan fingerprint density at radius 3 is 2.11 bits per heavy atom. The Hall–Kier alpha value is -3.23. The highest BCUT2D eigenvalue weighted by Gasteiger charge is 2.36. The van der Waals surface area contributed by atoms with Crippen LogP contribution in [-0.4, -0.2) is 59.2 Å². The topological polar surface area (TPSA) is 133 Å². The van der Waals surface area contributed by atoms with Crippen molar-refractivity contribution in [1.29, 1.82) is 0 Å². The second-order valence-electron chi connectivity index (χ2n) is 6.07. The second kappa shape index (κ2) is 9.46. The number of amides is 4. The van der Waals surface area contributed by atoms with E-state index in [-0.39, 0.29) is 24.1 Å². The lowest BCUT2D eigenvalue weighted by Crippen LogP contribution is -2.43. The summed E-state index contributed by atoms with van der Waals surface area (Å²) in [6.07, 6.45) is 1.96. The van der Waals surface area contributed by atoms with E-state index in [1.54, 1.807) is 12.1 Å². The van der Waals surface area contributed by atoms with Gasteiger partial charge in [-0.25, -0.2) is 0 Å². The highest BCUT2D eigenvalue weighted by atomic mass is 16.4. The zero-order chi connectivity index (χ0) is 19.8. The molecule has 0 spiro atoms. The van der Waals surface area contributed by atoms with Crippen molar-refractivity contribution in [1.82, 2.24) is 15.5 Å². The van der Waals surface area contributed by atoms with Crippen LogP contribution in [-0.2, 0) is 14.4 Å². The maximum Gasteiger partial charge on any atom is 0.303 e. The van der Waals surface area contributed by atoms with E-state index in [1.165, 1.54) is 12.1 Å². The number of aliphatic carboxylic acids is 1. The van der Waals surface area contributed by atoms with Crippen LogP contribution in [0.25, 0.3) is 0 Å². The second-order valence-corrected chi connectivity index (χ2v) is 6.07. The molecule has 1 aliphatic heterocycles. The summed E-state index contributed by atoms with van der Waals surface area (Å²) in [6, 6.07) is 6.33. The quantitative estimate of drug-likeness (QED) is 0.394. The molecule has 144 valence electrons. The van der Waals surface area contributed by atoms with Crippen molar-refractivity contribution in [2.75, 3.05) is 19.6 Å². The van der Waals surface area contributed by atoms with Crippen molar-refractivity contribution in [2.45, 2.75) is 25.7 Å². The van der Waals surface area contributed by atoms with Crippen LogP contribution < -0.4 is 10.6 Å². The van der Waals surface area contributed by atoms with Gasteiger partial charge in [0.2, 0.25) is 11.8 Å². The number of benzene rings is 1. The summed E-state index contributed by atoms with van der Waals surface area (Å²) in [6.45, 7) is -0.335. The van der Waals surface area contributed by atoms with E-state index < -0.39 is 36.1 Å². The molecule has 0 saturated carbocycles. The number of hydrogen-bond acceptors (Lipinski definition) is 5. The molecule has 9 heteroatoms. The summed E-state index contributed by atoms with van der Waals surface area (Å²) in [4.78, 5) is 59.1. The Morgan fingerprint density at radius 2 is 1.52 bits per heavy atom. The van der Waals surface area contributed by atoms with Gasteiger partial charge in [0.05, 0.1) is 17.7 Å². The molecule has 1 heterocycles. The van der Waals surface area contributed by atoms with Crippen molar-refractivity contribution in [3.05, 3.63) is 35.4 Å². The largest absolute Gasteiger partial charge is 0.481 e. The predicted molar refractivity (Wildman–Crippen MR) is 93.9 cm³/mol. The number of rotatable bonds is 10. The lowest BCUT2D eigenvalue weighted by molar-refractivity contribution is -0.137. The van der Waals surface area contributed by atoms with Crippen LogP contribution in [0.2, 0.25) is 0 Å². The monoisotopic (exact) mass is 375 g/mol. The van der Waals surface area contributed by atoms with Crippen LogP contribution in [0.4, 0.5) is 0 Å². The SMILES string of the molecule is O=C(O)CCCCCNC(=O)CNC(=O)CN1C(=O)c2ccccc2C1=O. The standard InChI is InChI=1S/C18H21N3O6/c22-14(19-9-5-1-2-8-16(24)25)10-20-15(23)11-21-17(26)12-6-3-4-7-13(12)18(21)27/h3-4,6-7H,1-2,5,8-11H2,(H,19,22)(H,20,23)(H,24,25). The summed E-state index contributed by atoms with van der Waals surface area (Å²) in [5.41, 5.74) is 0.520. The lowest BCUT2D eigenvalue weighted by atomic mass is 10.1. The highest BCUT2D eigenvalue weighted by Crippen LogP contribution is 2.21. The van der Waals surface area contributed by atoms with E-state index in [4.69, 9.17) is 5.11 Å². The van der Waals surface area contributed by atoms with Gasteiger partial charge in [0.1, 0.15) is 6.54 Å². The molecule has 0 aromatic heterocycles. The first-order chi connectivity index (χ1) is 12.9. The molecule has 0 unspecified atom stereocenters. The number of carboxylic acid groups (broad SMARTS) is 1. The molecule has 4 amide bonds. The third-order valence-corrected chi connectivity index (χ3v) is 4.02. The third kappa shape index (κ3) is 5.63. The number of fused-ring (bicyclic) bond motifs is 1. The molecule has 0 aliphatic carbocycles. The van der Waals surface area contributed by atoms with Gasteiger partial charge in [-0.1, -0.05) is 18.6 Å². The van der Waals surface area contributed by atoms with E-state index >= 15 is 0 Å². The van der Waals surface area contributed by atoms with E-state index in [0.717, 1.165) is 4.90 Å². The van der Waals surface area contributed by atoms with Gasteiger partial charge >= 0.3 is 5.97 Å². The minimum absolute atomic E-state index is 0.0990. The van der Waals surface area contributed by atoms with Gasteiger partial charge in [-0.15, -0.1) is 0 Å². The van der Waals surface area contributed by atoms with Gasteiger partial charge in [0.25, 0.3) is 11.8 Å².